The first kappa shape index (κ1) is 41.5. The van der Waals surface area contributed by atoms with Crippen molar-refractivity contribution >= 4 is 82.8 Å². The monoisotopic (exact) mass is 810 g/mol. The van der Waals surface area contributed by atoms with Crippen molar-refractivity contribution in [1.82, 2.24) is 0 Å². The van der Waals surface area contributed by atoms with Crippen molar-refractivity contribution in [3.8, 4) is 0 Å². The quantitative estimate of drug-likeness (QED) is 0.0646. The average molecular weight is 811 g/mol. The highest BCUT2D eigenvalue weighted by molar-refractivity contribution is 6.13. The zero-order valence-electron chi connectivity index (χ0n) is 33.6. The maximum atomic E-state index is 13.2. The number of nitrogens with one attached hydrogen (secondary N) is 4. The van der Waals surface area contributed by atoms with E-state index in [-0.39, 0.29) is 11.8 Å². The summed E-state index contributed by atoms with van der Waals surface area (Å²) in [5, 5.41) is 11.4. The van der Waals surface area contributed by atoms with E-state index >= 15 is 0 Å². The zero-order chi connectivity index (χ0) is 42.9. The number of hydrogen-bond acceptors (Lipinski definition) is 4. The molecule has 62 heavy (non-hydrogen) atoms. The summed E-state index contributed by atoms with van der Waals surface area (Å²) in [6.45, 7) is 0. The second kappa shape index (κ2) is 20.9. The minimum absolute atomic E-state index is 0.323. The van der Waals surface area contributed by atoms with Gasteiger partial charge >= 0.3 is 0 Å². The molecule has 0 spiro atoms. The first-order chi connectivity index (χ1) is 30.3. The summed E-state index contributed by atoms with van der Waals surface area (Å²) < 4.78 is 0. The molecule has 0 aliphatic rings. The second-order valence-corrected chi connectivity index (χ2v) is 14.0. The molecule has 0 aliphatic heterocycles. The van der Waals surface area contributed by atoms with Gasteiger partial charge in [0.2, 0.25) is 11.8 Å². The lowest BCUT2D eigenvalue weighted by Gasteiger charge is -2.11. The van der Waals surface area contributed by atoms with Gasteiger partial charge in [0.15, 0.2) is 0 Å². The van der Waals surface area contributed by atoms with Crippen LogP contribution in [0, 0.1) is 0 Å². The molecule has 8 nitrogen and oxygen atoms in total. The number of para-hydroxylation sites is 2. The first-order valence-corrected chi connectivity index (χ1v) is 19.9. The number of benzene rings is 7. The van der Waals surface area contributed by atoms with Crippen LogP contribution >= 0.6 is 0 Å². The fraction of sp³-hybridized carbons (Fsp3) is 0. The molecule has 0 saturated carbocycles. The molecule has 0 saturated heterocycles. The van der Waals surface area contributed by atoms with Gasteiger partial charge in [-0.25, -0.2) is 0 Å². The summed E-state index contributed by atoms with van der Waals surface area (Å²) in [7, 11) is 0. The van der Waals surface area contributed by atoms with Crippen LogP contribution < -0.4 is 21.3 Å². The maximum Gasteiger partial charge on any atom is 0.257 e. The largest absolute Gasteiger partial charge is 0.322 e. The van der Waals surface area contributed by atoms with E-state index in [9.17, 15) is 19.2 Å². The predicted octanol–water partition coefficient (Wildman–Crippen LogP) is 11.8. The molecule has 0 aromatic heterocycles. The highest BCUT2D eigenvalue weighted by atomic mass is 16.2. The molecule has 0 unspecified atom stereocenters. The standard InChI is InChI=1S/C54H42N4O4/c59-51(57-49-17-9-7-15-47(49)53(61)55-45-33-27-43(28-34-45)21-19-39-11-3-1-4-12-39)37-31-41-23-25-42(26-24-41)32-38-52(60)58-50-18-10-8-16-48(50)54(62)56-46-35-29-44(30-36-46)22-20-40-13-5-2-6-14-40/h1-38H,(H,55,61)(H,56,62)(H,57,59)(H,58,60)/b21-19+,22-20+,37-31+,38-32+. The van der Waals surface area contributed by atoms with Crippen molar-refractivity contribution in [2.45, 2.75) is 0 Å². The van der Waals surface area contributed by atoms with Gasteiger partial charge in [-0.05, 0) is 94.1 Å². The summed E-state index contributed by atoms with van der Waals surface area (Å²) in [6.07, 6.45) is 14.2. The van der Waals surface area contributed by atoms with Crippen molar-refractivity contribution < 1.29 is 19.2 Å². The number of hydrogen-bond donors (Lipinski definition) is 4. The third kappa shape index (κ3) is 12.2. The molecule has 0 radical (unpaired) electrons. The van der Waals surface area contributed by atoms with Crippen LogP contribution in [0.5, 0.6) is 0 Å². The lowest BCUT2D eigenvalue weighted by molar-refractivity contribution is -0.112. The SMILES string of the molecule is O=C(/C=C/c1ccc(/C=C/C(=O)Nc2ccccc2C(=O)Nc2ccc(/C=C/c3ccccc3)cc2)cc1)Nc1ccccc1C(=O)Nc1ccc(/C=C/c2ccccc2)cc1. The van der Waals surface area contributed by atoms with E-state index in [0.717, 1.165) is 33.4 Å². The summed E-state index contributed by atoms with van der Waals surface area (Å²) in [6, 6.07) is 55.9. The summed E-state index contributed by atoms with van der Waals surface area (Å²) in [5.74, 6) is -1.51. The number of carbonyl (C=O) groups excluding carboxylic acids is 4. The van der Waals surface area contributed by atoms with Crippen molar-refractivity contribution in [1.29, 1.82) is 0 Å². The Morgan fingerprint density at radius 1 is 0.290 bits per heavy atom. The lowest BCUT2D eigenvalue weighted by atomic mass is 10.1. The minimum atomic E-state index is -0.403. The van der Waals surface area contributed by atoms with E-state index in [4.69, 9.17) is 0 Å². The molecule has 7 aromatic rings. The second-order valence-electron chi connectivity index (χ2n) is 14.0. The van der Waals surface area contributed by atoms with Gasteiger partial charge in [-0.3, -0.25) is 19.2 Å². The van der Waals surface area contributed by atoms with E-state index in [1.807, 2.05) is 158 Å². The van der Waals surface area contributed by atoms with Crippen LogP contribution in [0.1, 0.15) is 54.1 Å². The smallest absolute Gasteiger partial charge is 0.257 e. The molecule has 0 aliphatic carbocycles. The van der Waals surface area contributed by atoms with E-state index in [0.29, 0.717) is 33.9 Å². The average Bonchev–Trinajstić information content (AvgIpc) is 3.31. The van der Waals surface area contributed by atoms with E-state index in [2.05, 4.69) is 21.3 Å². The number of rotatable bonds is 14. The third-order valence-electron chi connectivity index (χ3n) is 9.52. The van der Waals surface area contributed by atoms with Crippen LogP contribution in [0.25, 0.3) is 36.5 Å². The van der Waals surface area contributed by atoms with E-state index < -0.39 is 11.8 Å². The Kier molecular flexibility index (Phi) is 14.0. The summed E-state index contributed by atoms with van der Waals surface area (Å²) in [4.78, 5) is 52.3. The Bertz CT molecular complexity index is 2580. The van der Waals surface area contributed by atoms with Crippen molar-refractivity contribution in [3.63, 3.8) is 0 Å². The first-order valence-electron chi connectivity index (χ1n) is 19.9. The Hall–Kier alpha value is -8.62. The minimum Gasteiger partial charge on any atom is -0.322 e. The Morgan fingerprint density at radius 3 is 0.952 bits per heavy atom. The molecule has 8 heteroatoms. The van der Waals surface area contributed by atoms with Gasteiger partial charge in [-0.1, -0.05) is 158 Å². The highest BCUT2D eigenvalue weighted by Crippen LogP contribution is 2.21. The van der Waals surface area contributed by atoms with Gasteiger partial charge in [0.05, 0.1) is 22.5 Å². The molecular weight excluding hydrogens is 769 g/mol. The number of amides is 4. The summed E-state index contributed by atoms with van der Waals surface area (Å²) >= 11 is 0. The van der Waals surface area contributed by atoms with Gasteiger partial charge in [0, 0.05) is 23.5 Å². The Labute approximate surface area is 360 Å². The molecule has 0 fully saturated rings. The third-order valence-corrected chi connectivity index (χ3v) is 9.52. The zero-order valence-corrected chi connectivity index (χ0v) is 33.6. The van der Waals surface area contributed by atoms with Crippen LogP contribution in [0.2, 0.25) is 0 Å². The van der Waals surface area contributed by atoms with Crippen LogP contribution in [0.15, 0.2) is 194 Å². The maximum absolute atomic E-state index is 13.2. The van der Waals surface area contributed by atoms with Gasteiger partial charge in [0.25, 0.3) is 11.8 Å². The molecule has 0 atom stereocenters. The van der Waals surface area contributed by atoms with Crippen molar-refractivity contribution in [2.24, 2.45) is 0 Å². The predicted molar refractivity (Wildman–Crippen MR) is 254 cm³/mol. The van der Waals surface area contributed by atoms with Gasteiger partial charge in [-0.2, -0.15) is 0 Å². The summed E-state index contributed by atoms with van der Waals surface area (Å²) in [5.41, 5.74) is 8.35. The van der Waals surface area contributed by atoms with Crippen molar-refractivity contribution in [2.75, 3.05) is 21.3 Å². The fourth-order valence-corrected chi connectivity index (χ4v) is 6.26. The molecule has 302 valence electrons. The molecular formula is C54H42N4O4. The molecule has 4 amide bonds. The van der Waals surface area contributed by atoms with Gasteiger partial charge in [0.1, 0.15) is 0 Å². The van der Waals surface area contributed by atoms with Crippen LogP contribution in [-0.2, 0) is 9.59 Å². The highest BCUT2D eigenvalue weighted by Gasteiger charge is 2.14. The Balaban J connectivity index is 0.888. The van der Waals surface area contributed by atoms with Crippen LogP contribution in [-0.4, -0.2) is 23.6 Å². The van der Waals surface area contributed by atoms with E-state index in [1.54, 1.807) is 60.7 Å². The number of carbonyl (C=O) groups is 4. The van der Waals surface area contributed by atoms with Gasteiger partial charge < -0.3 is 21.3 Å². The normalized spacial score (nSPS) is 11.2. The molecule has 4 N–H and O–H groups in total. The Morgan fingerprint density at radius 2 is 0.581 bits per heavy atom. The van der Waals surface area contributed by atoms with Gasteiger partial charge in [-0.15, -0.1) is 0 Å². The van der Waals surface area contributed by atoms with Crippen molar-refractivity contribution in [3.05, 3.63) is 239 Å². The number of anilines is 4. The van der Waals surface area contributed by atoms with E-state index in [1.165, 1.54) is 12.2 Å². The van der Waals surface area contributed by atoms with Crippen LogP contribution in [0.3, 0.4) is 0 Å². The topological polar surface area (TPSA) is 116 Å². The molecule has 7 aromatic carbocycles. The molecule has 0 heterocycles. The molecule has 0 bridgehead atoms. The fourth-order valence-electron chi connectivity index (χ4n) is 6.26. The lowest BCUT2D eigenvalue weighted by Crippen LogP contribution is -2.17. The molecule has 7 rings (SSSR count). The van der Waals surface area contributed by atoms with Crippen LogP contribution in [0.4, 0.5) is 22.7 Å².